The molecular weight excluding hydrogens is 474 g/mol. The summed E-state index contributed by atoms with van der Waals surface area (Å²) in [6, 6.07) is 1.27. The van der Waals surface area contributed by atoms with Gasteiger partial charge in [-0.05, 0) is 48.3 Å². The van der Waals surface area contributed by atoms with Crippen LogP contribution >= 0.6 is 0 Å². The third kappa shape index (κ3) is 3.81. The molecule has 2 saturated heterocycles. The molecule has 0 bridgehead atoms. The Morgan fingerprint density at radius 1 is 1.25 bits per heavy atom. The normalized spacial score (nSPS) is 26.9. The highest BCUT2D eigenvalue weighted by atomic mass is 19.1. The summed E-state index contributed by atoms with van der Waals surface area (Å²) in [5.41, 5.74) is -0.341. The number of aromatic nitrogens is 1. The molecule has 1 aromatic heterocycles. The first-order chi connectivity index (χ1) is 17.0. The van der Waals surface area contributed by atoms with Gasteiger partial charge in [0.1, 0.15) is 29.4 Å². The van der Waals surface area contributed by atoms with Crippen LogP contribution in [0.15, 0.2) is 18.2 Å². The molecule has 9 nitrogen and oxygen atoms in total. The van der Waals surface area contributed by atoms with Crippen molar-refractivity contribution in [2.24, 2.45) is 23.2 Å². The predicted molar refractivity (Wildman–Crippen MR) is 123 cm³/mol. The number of esters is 1. The third-order valence-corrected chi connectivity index (χ3v) is 8.14. The van der Waals surface area contributed by atoms with E-state index in [1.165, 1.54) is 18.1 Å². The van der Waals surface area contributed by atoms with Crippen LogP contribution in [0.2, 0.25) is 0 Å². The van der Waals surface area contributed by atoms with Gasteiger partial charge in [-0.3, -0.25) is 14.4 Å². The first kappa shape index (κ1) is 24.2. The van der Waals surface area contributed by atoms with Gasteiger partial charge in [-0.15, -0.1) is 0 Å². The summed E-state index contributed by atoms with van der Waals surface area (Å²) in [4.78, 5) is 55.5. The van der Waals surface area contributed by atoms with Crippen LogP contribution in [0.5, 0.6) is 0 Å². The third-order valence-electron chi connectivity index (χ3n) is 8.14. The molecule has 5 rings (SSSR count). The van der Waals surface area contributed by atoms with Gasteiger partial charge >= 0.3 is 5.97 Å². The molecule has 3 amide bonds. The molecule has 1 saturated carbocycles. The standard InChI is InChI=1S/C25H28F2N4O5/c1-25(2)13-10-31(23(34)16-9-12-14(26)4-5-15(27)19(12)29-16)20(18(13)25)22(33)30-17(24(35)36-3)8-11-6-7-28-21(11)32/h4-5,9,11,13,17-18,20,29H,6-8,10H2,1-3H3,(H,28,32)(H,30,33)/t11-,13-,17-,18-,20-/m0/s1. The Labute approximate surface area is 205 Å². The second-order valence-corrected chi connectivity index (χ2v) is 10.5. The van der Waals surface area contributed by atoms with Crippen molar-refractivity contribution in [1.29, 1.82) is 0 Å². The van der Waals surface area contributed by atoms with Gasteiger partial charge in [-0.25, -0.2) is 13.6 Å². The Morgan fingerprint density at radius 2 is 1.97 bits per heavy atom. The molecule has 1 aromatic carbocycles. The lowest BCUT2D eigenvalue weighted by Crippen LogP contribution is -2.54. The highest BCUT2D eigenvalue weighted by Crippen LogP contribution is 2.65. The topological polar surface area (TPSA) is 121 Å². The summed E-state index contributed by atoms with van der Waals surface area (Å²) >= 11 is 0. The summed E-state index contributed by atoms with van der Waals surface area (Å²) in [5.74, 6) is -3.82. The summed E-state index contributed by atoms with van der Waals surface area (Å²) in [6.45, 7) is 4.82. The number of fused-ring (bicyclic) bond motifs is 2. The van der Waals surface area contributed by atoms with E-state index in [-0.39, 0.29) is 46.2 Å². The van der Waals surface area contributed by atoms with E-state index in [1.807, 2.05) is 13.8 Å². The number of H-pyrrole nitrogens is 1. The van der Waals surface area contributed by atoms with Crippen LogP contribution < -0.4 is 10.6 Å². The molecular formula is C25H28F2N4O5. The minimum absolute atomic E-state index is 0.0296. The lowest BCUT2D eigenvalue weighted by atomic mass is 9.96. The van der Waals surface area contributed by atoms with Gasteiger partial charge in [0, 0.05) is 24.4 Å². The molecule has 36 heavy (non-hydrogen) atoms. The van der Waals surface area contributed by atoms with Crippen molar-refractivity contribution < 1.29 is 32.7 Å². The molecule has 2 aromatic rings. The van der Waals surface area contributed by atoms with Gasteiger partial charge in [0.05, 0.1) is 12.6 Å². The molecule has 5 atom stereocenters. The number of halogens is 2. The van der Waals surface area contributed by atoms with Crippen LogP contribution in [0.25, 0.3) is 10.9 Å². The number of likely N-dealkylation sites (tertiary alicyclic amines) is 1. The summed E-state index contributed by atoms with van der Waals surface area (Å²) in [5, 5.41) is 5.37. The van der Waals surface area contributed by atoms with E-state index in [2.05, 4.69) is 15.6 Å². The van der Waals surface area contributed by atoms with Crippen molar-refractivity contribution in [2.45, 2.75) is 38.8 Å². The first-order valence-electron chi connectivity index (χ1n) is 12.0. The van der Waals surface area contributed by atoms with Gasteiger partial charge in [-0.1, -0.05) is 13.8 Å². The Bertz CT molecular complexity index is 1240. The SMILES string of the molecule is COC(=O)[C@H](C[C@@H]1CCNC1=O)NC(=O)[C@@H]1[C@@H]2[C@H](CN1C(=O)c1cc3c(F)ccc(F)c3[nH]1)C2(C)C. The lowest BCUT2D eigenvalue weighted by Gasteiger charge is -2.31. The Kier molecular flexibility index (Phi) is 5.76. The largest absolute Gasteiger partial charge is 0.467 e. The first-order valence-corrected chi connectivity index (χ1v) is 12.0. The number of methoxy groups -OCH3 is 1. The van der Waals surface area contributed by atoms with Crippen LogP contribution in [0.1, 0.15) is 37.2 Å². The molecule has 2 aliphatic heterocycles. The minimum Gasteiger partial charge on any atom is -0.467 e. The maximum atomic E-state index is 14.2. The molecule has 1 aliphatic carbocycles. The van der Waals surface area contributed by atoms with Crippen molar-refractivity contribution >= 4 is 34.6 Å². The van der Waals surface area contributed by atoms with E-state index in [9.17, 15) is 28.0 Å². The number of aromatic amines is 1. The van der Waals surface area contributed by atoms with Gasteiger partial charge in [0.15, 0.2) is 0 Å². The Hall–Kier alpha value is -3.50. The molecule has 0 spiro atoms. The maximum Gasteiger partial charge on any atom is 0.328 e. The van der Waals surface area contributed by atoms with E-state index in [0.29, 0.717) is 19.5 Å². The van der Waals surface area contributed by atoms with Gasteiger partial charge in [0.25, 0.3) is 5.91 Å². The quantitative estimate of drug-likeness (QED) is 0.520. The smallest absolute Gasteiger partial charge is 0.328 e. The average molecular weight is 503 g/mol. The summed E-state index contributed by atoms with van der Waals surface area (Å²) in [7, 11) is 1.20. The fourth-order valence-corrected chi connectivity index (χ4v) is 5.98. The number of nitrogens with one attached hydrogen (secondary N) is 3. The van der Waals surface area contributed by atoms with Crippen molar-refractivity contribution in [2.75, 3.05) is 20.2 Å². The second-order valence-electron chi connectivity index (χ2n) is 10.5. The van der Waals surface area contributed by atoms with E-state index in [0.717, 1.165) is 12.1 Å². The predicted octanol–water partition coefficient (Wildman–Crippen LogP) is 1.73. The molecule has 3 heterocycles. The minimum atomic E-state index is -1.05. The van der Waals surface area contributed by atoms with Crippen LogP contribution in [-0.2, 0) is 19.1 Å². The van der Waals surface area contributed by atoms with Crippen LogP contribution in [0.4, 0.5) is 8.78 Å². The average Bonchev–Trinajstić information content (AvgIpc) is 3.37. The van der Waals surface area contributed by atoms with Crippen LogP contribution in [-0.4, -0.2) is 65.9 Å². The van der Waals surface area contributed by atoms with Crippen molar-refractivity contribution in [1.82, 2.24) is 20.5 Å². The number of nitrogens with zero attached hydrogens (tertiary/aromatic N) is 1. The zero-order valence-electron chi connectivity index (χ0n) is 20.2. The van der Waals surface area contributed by atoms with Gasteiger partial charge < -0.3 is 25.3 Å². The maximum absolute atomic E-state index is 14.2. The number of hydrogen-bond acceptors (Lipinski definition) is 5. The number of benzene rings is 1. The number of carbonyl (C=O) groups excluding carboxylic acids is 4. The van der Waals surface area contributed by atoms with Crippen molar-refractivity contribution in [3.05, 3.63) is 35.5 Å². The second kappa shape index (κ2) is 8.56. The fourth-order valence-electron chi connectivity index (χ4n) is 5.98. The highest BCUT2D eigenvalue weighted by Gasteiger charge is 2.69. The van der Waals surface area contributed by atoms with Crippen LogP contribution in [0.3, 0.4) is 0 Å². The molecule has 0 radical (unpaired) electrons. The van der Waals surface area contributed by atoms with Crippen molar-refractivity contribution in [3.63, 3.8) is 0 Å². The zero-order chi connectivity index (χ0) is 25.9. The number of rotatable bonds is 6. The number of amides is 3. The number of carbonyl (C=O) groups is 4. The zero-order valence-corrected chi connectivity index (χ0v) is 20.2. The van der Waals surface area contributed by atoms with Gasteiger partial charge in [0.2, 0.25) is 11.8 Å². The molecule has 192 valence electrons. The van der Waals surface area contributed by atoms with E-state index < -0.39 is 47.4 Å². The van der Waals surface area contributed by atoms with E-state index in [4.69, 9.17) is 4.74 Å². The molecule has 11 heteroatoms. The fraction of sp³-hybridized carbons (Fsp3) is 0.520. The number of piperidine rings is 1. The summed E-state index contributed by atoms with van der Waals surface area (Å²) < 4.78 is 33.2. The van der Waals surface area contributed by atoms with Gasteiger partial charge in [-0.2, -0.15) is 0 Å². The van der Waals surface area contributed by atoms with Crippen molar-refractivity contribution in [3.8, 4) is 0 Å². The molecule has 3 fully saturated rings. The Morgan fingerprint density at radius 3 is 2.61 bits per heavy atom. The van der Waals surface area contributed by atoms with E-state index in [1.54, 1.807) is 0 Å². The van der Waals surface area contributed by atoms with E-state index >= 15 is 0 Å². The number of ether oxygens (including phenoxy) is 1. The van der Waals surface area contributed by atoms with Crippen LogP contribution in [0, 0.1) is 34.8 Å². The molecule has 3 aliphatic rings. The summed E-state index contributed by atoms with van der Waals surface area (Å²) in [6.07, 6.45) is 0.629. The highest BCUT2D eigenvalue weighted by molar-refractivity contribution is 6.01. The molecule has 3 N–H and O–H groups in total. The number of hydrogen-bond donors (Lipinski definition) is 3. The monoisotopic (exact) mass is 502 g/mol. The Balaban J connectivity index is 1.40. The molecule has 0 unspecified atom stereocenters. The lowest BCUT2D eigenvalue weighted by molar-refractivity contribution is -0.146.